The minimum atomic E-state index is -0.490. The first-order chi connectivity index (χ1) is 9.70. The van der Waals surface area contributed by atoms with Crippen LogP contribution in [0.15, 0.2) is 29.0 Å². The Morgan fingerprint density at radius 2 is 2.35 bits per heavy atom. The molecule has 0 atom stereocenters. The maximum Gasteiger partial charge on any atom is 0.273 e. The first kappa shape index (κ1) is 13.9. The number of nitrogens with one attached hydrogen (secondary N) is 1. The van der Waals surface area contributed by atoms with E-state index < -0.39 is 11.7 Å². The quantitative estimate of drug-likeness (QED) is 0.804. The third-order valence-electron chi connectivity index (χ3n) is 2.51. The number of carbonyl (C=O) groups excluding carboxylic acids is 2. The van der Waals surface area contributed by atoms with E-state index >= 15 is 0 Å². The minimum absolute atomic E-state index is 0.0396. The first-order valence-corrected chi connectivity index (χ1v) is 5.96. The largest absolute Gasteiger partial charge is 0.448 e. The van der Waals surface area contributed by atoms with Gasteiger partial charge in [0.1, 0.15) is 18.4 Å². The van der Waals surface area contributed by atoms with Crippen molar-refractivity contribution in [2.45, 2.75) is 19.4 Å². The second-order valence-electron chi connectivity index (χ2n) is 3.95. The third-order valence-corrected chi connectivity index (χ3v) is 2.51. The van der Waals surface area contributed by atoms with Gasteiger partial charge in [0.05, 0.1) is 12.2 Å². The third kappa shape index (κ3) is 3.47. The number of nitrogens with zero attached hydrogens (tertiary/aromatic N) is 2. The van der Waals surface area contributed by atoms with E-state index in [2.05, 4.69) is 15.3 Å². The van der Waals surface area contributed by atoms with Crippen molar-refractivity contribution in [2.24, 2.45) is 0 Å². The summed E-state index contributed by atoms with van der Waals surface area (Å²) in [5.41, 5.74) is 0.229. The lowest BCUT2D eigenvalue weighted by atomic mass is 10.3. The van der Waals surface area contributed by atoms with Crippen LogP contribution >= 0.6 is 0 Å². The Labute approximate surface area is 114 Å². The minimum Gasteiger partial charge on any atom is -0.448 e. The highest BCUT2D eigenvalue weighted by Crippen LogP contribution is 2.05. The van der Waals surface area contributed by atoms with E-state index in [1.807, 2.05) is 0 Å². The Kier molecular flexibility index (Phi) is 4.54. The van der Waals surface area contributed by atoms with Crippen LogP contribution < -0.4 is 5.32 Å². The molecule has 0 aliphatic carbocycles. The van der Waals surface area contributed by atoms with Crippen LogP contribution in [0.3, 0.4) is 0 Å². The summed E-state index contributed by atoms with van der Waals surface area (Å²) in [5, 5.41) is 2.49. The number of hydrogen-bond donors (Lipinski definition) is 1. The molecule has 104 valence electrons. The number of aldehydes is 1. The fraction of sp³-hybridized carbons (Fsp3) is 0.231. The number of pyridine rings is 1. The number of hydrogen-bond acceptors (Lipinski definition) is 5. The molecule has 1 N–H and O–H groups in total. The van der Waals surface area contributed by atoms with Crippen LogP contribution in [0.1, 0.15) is 28.5 Å². The van der Waals surface area contributed by atoms with E-state index in [1.165, 1.54) is 24.6 Å². The molecule has 0 aromatic carbocycles. The molecule has 0 radical (unpaired) electrons. The van der Waals surface area contributed by atoms with Crippen LogP contribution in [0.25, 0.3) is 0 Å². The normalized spacial score (nSPS) is 10.2. The van der Waals surface area contributed by atoms with Crippen molar-refractivity contribution in [1.29, 1.82) is 0 Å². The lowest BCUT2D eigenvalue weighted by Crippen LogP contribution is -2.24. The summed E-state index contributed by atoms with van der Waals surface area (Å²) in [6, 6.07) is 2.74. The zero-order valence-corrected chi connectivity index (χ0v) is 10.5. The van der Waals surface area contributed by atoms with Crippen molar-refractivity contribution in [3.05, 3.63) is 47.7 Å². The molecular formula is C13H12FN3O3. The standard InChI is InChI=1S/C13H12FN3O3/c14-9-3-1-5-15-10(9)7-16-13(19)11-8-20-12(17-11)4-2-6-18/h1,3,5-6,8H,2,4,7H2,(H,16,19). The number of carbonyl (C=O) groups is 2. The van der Waals surface area contributed by atoms with Crippen molar-refractivity contribution in [3.8, 4) is 0 Å². The van der Waals surface area contributed by atoms with E-state index in [1.54, 1.807) is 0 Å². The zero-order chi connectivity index (χ0) is 14.4. The molecule has 2 heterocycles. The smallest absolute Gasteiger partial charge is 0.273 e. The van der Waals surface area contributed by atoms with Gasteiger partial charge in [-0.2, -0.15) is 0 Å². The molecule has 6 nitrogen and oxygen atoms in total. The van der Waals surface area contributed by atoms with E-state index in [4.69, 9.17) is 4.42 Å². The van der Waals surface area contributed by atoms with E-state index in [0.29, 0.717) is 12.3 Å². The summed E-state index contributed by atoms with van der Waals surface area (Å²) < 4.78 is 18.3. The summed E-state index contributed by atoms with van der Waals surface area (Å²) >= 11 is 0. The van der Waals surface area contributed by atoms with Crippen molar-refractivity contribution in [3.63, 3.8) is 0 Å². The molecule has 0 fully saturated rings. The molecular weight excluding hydrogens is 265 g/mol. The molecule has 0 aliphatic heterocycles. The summed E-state index contributed by atoms with van der Waals surface area (Å²) in [5.74, 6) is -0.665. The molecule has 0 spiro atoms. The molecule has 2 rings (SSSR count). The van der Waals surface area contributed by atoms with Crippen molar-refractivity contribution in [2.75, 3.05) is 0 Å². The Bertz CT molecular complexity index is 612. The summed E-state index contributed by atoms with van der Waals surface area (Å²) in [6.45, 7) is -0.0396. The Hall–Kier alpha value is -2.57. The number of rotatable bonds is 6. The van der Waals surface area contributed by atoms with Gasteiger partial charge in [-0.1, -0.05) is 0 Å². The van der Waals surface area contributed by atoms with Crippen LogP contribution in [0, 0.1) is 5.82 Å². The average molecular weight is 277 g/mol. The topological polar surface area (TPSA) is 85.1 Å². The molecule has 0 saturated heterocycles. The Balaban J connectivity index is 1.93. The lowest BCUT2D eigenvalue weighted by Gasteiger charge is -2.02. The van der Waals surface area contributed by atoms with Gasteiger partial charge < -0.3 is 14.5 Å². The Morgan fingerprint density at radius 3 is 3.10 bits per heavy atom. The number of aryl methyl sites for hydroxylation is 1. The fourth-order valence-corrected chi connectivity index (χ4v) is 1.52. The maximum atomic E-state index is 13.3. The molecule has 1 amide bonds. The van der Waals surface area contributed by atoms with Crippen molar-refractivity contribution < 1.29 is 18.4 Å². The summed E-state index contributed by atoms with van der Waals surface area (Å²) in [7, 11) is 0. The van der Waals surface area contributed by atoms with Gasteiger partial charge in [-0.25, -0.2) is 9.37 Å². The summed E-state index contributed by atoms with van der Waals surface area (Å²) in [6.07, 6.45) is 4.00. The molecule has 0 bridgehead atoms. The fourth-order valence-electron chi connectivity index (χ4n) is 1.52. The number of halogens is 1. The second-order valence-corrected chi connectivity index (χ2v) is 3.95. The highest BCUT2D eigenvalue weighted by molar-refractivity contribution is 5.91. The predicted octanol–water partition coefficient (Wildman–Crippen LogP) is 1.27. The van der Waals surface area contributed by atoms with Gasteiger partial charge in [0.2, 0.25) is 0 Å². The monoisotopic (exact) mass is 277 g/mol. The highest BCUT2D eigenvalue weighted by Gasteiger charge is 2.12. The van der Waals surface area contributed by atoms with Gasteiger partial charge in [-0.15, -0.1) is 0 Å². The summed E-state index contributed by atoms with van der Waals surface area (Å²) in [4.78, 5) is 29.7. The zero-order valence-electron chi connectivity index (χ0n) is 10.5. The maximum absolute atomic E-state index is 13.3. The lowest BCUT2D eigenvalue weighted by molar-refractivity contribution is -0.107. The van der Waals surface area contributed by atoms with E-state index in [-0.39, 0.29) is 24.4 Å². The van der Waals surface area contributed by atoms with Gasteiger partial charge >= 0.3 is 0 Å². The van der Waals surface area contributed by atoms with E-state index in [9.17, 15) is 14.0 Å². The van der Waals surface area contributed by atoms with Crippen molar-refractivity contribution in [1.82, 2.24) is 15.3 Å². The molecule has 2 aromatic heterocycles. The predicted molar refractivity (Wildman–Crippen MR) is 66.3 cm³/mol. The molecule has 7 heteroatoms. The van der Waals surface area contributed by atoms with Crippen LogP contribution in [0.2, 0.25) is 0 Å². The molecule has 20 heavy (non-hydrogen) atoms. The first-order valence-electron chi connectivity index (χ1n) is 5.96. The molecule has 2 aromatic rings. The van der Waals surface area contributed by atoms with Gasteiger partial charge in [0.15, 0.2) is 11.6 Å². The van der Waals surface area contributed by atoms with Crippen LogP contribution in [0.5, 0.6) is 0 Å². The highest BCUT2D eigenvalue weighted by atomic mass is 19.1. The van der Waals surface area contributed by atoms with Gasteiger partial charge in [-0.05, 0) is 12.1 Å². The van der Waals surface area contributed by atoms with Gasteiger partial charge in [0, 0.05) is 19.0 Å². The number of amides is 1. The van der Waals surface area contributed by atoms with Gasteiger partial charge in [-0.3, -0.25) is 9.78 Å². The van der Waals surface area contributed by atoms with Crippen LogP contribution in [-0.4, -0.2) is 22.2 Å². The van der Waals surface area contributed by atoms with Crippen LogP contribution in [-0.2, 0) is 17.8 Å². The van der Waals surface area contributed by atoms with Gasteiger partial charge in [0.25, 0.3) is 5.91 Å². The average Bonchev–Trinajstić information content (AvgIpc) is 2.93. The molecule has 0 saturated carbocycles. The van der Waals surface area contributed by atoms with E-state index in [0.717, 1.165) is 6.29 Å². The Morgan fingerprint density at radius 1 is 1.50 bits per heavy atom. The SMILES string of the molecule is O=CCCc1nc(C(=O)NCc2ncccc2F)co1. The molecule has 0 unspecified atom stereocenters. The van der Waals surface area contributed by atoms with Crippen LogP contribution in [0.4, 0.5) is 4.39 Å². The molecule has 0 aliphatic rings. The number of aromatic nitrogens is 2. The number of oxazole rings is 1. The van der Waals surface area contributed by atoms with Crippen molar-refractivity contribution >= 4 is 12.2 Å². The second kappa shape index (κ2) is 6.55.